The Bertz CT molecular complexity index is 385. The predicted octanol–water partition coefficient (Wildman–Crippen LogP) is 3.10. The van der Waals surface area contributed by atoms with Crippen LogP contribution in [0.25, 0.3) is 0 Å². The summed E-state index contributed by atoms with van der Waals surface area (Å²) in [7, 11) is 0. The van der Waals surface area contributed by atoms with Crippen molar-refractivity contribution in [1.82, 2.24) is 5.32 Å². The van der Waals surface area contributed by atoms with E-state index < -0.39 is 0 Å². The van der Waals surface area contributed by atoms with Crippen molar-refractivity contribution < 1.29 is 0 Å². The van der Waals surface area contributed by atoms with Gasteiger partial charge in [0, 0.05) is 18.5 Å². The molecule has 2 nitrogen and oxygen atoms in total. The minimum absolute atomic E-state index is 0.0901. The van der Waals surface area contributed by atoms with Gasteiger partial charge >= 0.3 is 0 Å². The monoisotopic (exact) mass is 230 g/mol. The van der Waals surface area contributed by atoms with Gasteiger partial charge in [0.25, 0.3) is 0 Å². The van der Waals surface area contributed by atoms with E-state index >= 15 is 0 Å². The van der Waals surface area contributed by atoms with Crippen LogP contribution in [-0.4, -0.2) is 13.1 Å². The Morgan fingerprint density at radius 1 is 1.06 bits per heavy atom. The van der Waals surface area contributed by atoms with Crippen molar-refractivity contribution in [3.63, 3.8) is 0 Å². The summed E-state index contributed by atoms with van der Waals surface area (Å²) >= 11 is 0. The Balaban J connectivity index is 2.55. The van der Waals surface area contributed by atoms with Gasteiger partial charge in [0.1, 0.15) is 0 Å². The highest BCUT2D eigenvalue weighted by atomic mass is 14.9. The Labute approximate surface area is 105 Å². The molecule has 0 atom stereocenters. The number of benzene rings is 1. The van der Waals surface area contributed by atoms with Gasteiger partial charge in [0.2, 0.25) is 0 Å². The van der Waals surface area contributed by atoms with Crippen molar-refractivity contribution in [1.29, 1.82) is 5.26 Å². The first-order valence-corrected chi connectivity index (χ1v) is 6.05. The zero-order valence-corrected chi connectivity index (χ0v) is 11.2. The van der Waals surface area contributed by atoms with E-state index in [1.54, 1.807) is 0 Å². The summed E-state index contributed by atoms with van der Waals surface area (Å²) in [5.74, 6) is 0. The summed E-state index contributed by atoms with van der Waals surface area (Å²) < 4.78 is 0. The molecule has 0 aromatic heterocycles. The average molecular weight is 230 g/mol. The first-order valence-electron chi connectivity index (χ1n) is 6.05. The summed E-state index contributed by atoms with van der Waals surface area (Å²) in [6.07, 6.45) is 0. The van der Waals surface area contributed by atoms with Gasteiger partial charge in [-0.1, -0.05) is 44.2 Å². The number of nitriles is 1. The van der Waals surface area contributed by atoms with E-state index in [0.717, 1.165) is 13.1 Å². The van der Waals surface area contributed by atoms with Crippen LogP contribution in [0.15, 0.2) is 30.3 Å². The fourth-order valence-electron chi connectivity index (χ4n) is 1.72. The van der Waals surface area contributed by atoms with Crippen LogP contribution in [0.3, 0.4) is 0 Å². The van der Waals surface area contributed by atoms with E-state index in [0.29, 0.717) is 0 Å². The van der Waals surface area contributed by atoms with E-state index in [1.807, 2.05) is 19.9 Å². The smallest absolute Gasteiger partial charge is 0.0697 e. The highest BCUT2D eigenvalue weighted by molar-refractivity contribution is 5.23. The Morgan fingerprint density at radius 3 is 2.18 bits per heavy atom. The second-order valence-electron chi connectivity index (χ2n) is 5.85. The summed E-state index contributed by atoms with van der Waals surface area (Å²) in [5, 5.41) is 12.3. The standard InChI is InChI=1S/C15H22N2/c1-14(2,10-16)11-17-12-15(3,4)13-8-6-5-7-9-13/h5-9,17H,11-12H2,1-4H3. The maximum atomic E-state index is 8.95. The maximum Gasteiger partial charge on any atom is 0.0697 e. The van der Waals surface area contributed by atoms with Gasteiger partial charge < -0.3 is 5.32 Å². The molecule has 0 amide bonds. The van der Waals surface area contributed by atoms with Crippen molar-refractivity contribution in [3.8, 4) is 6.07 Å². The fraction of sp³-hybridized carbons (Fsp3) is 0.533. The Hall–Kier alpha value is -1.33. The number of hydrogen-bond donors (Lipinski definition) is 1. The van der Waals surface area contributed by atoms with Gasteiger partial charge in [0.15, 0.2) is 0 Å². The quantitative estimate of drug-likeness (QED) is 0.843. The van der Waals surface area contributed by atoms with Gasteiger partial charge in [-0.3, -0.25) is 0 Å². The molecule has 0 bridgehead atoms. The minimum atomic E-state index is -0.299. The molecule has 0 unspecified atom stereocenters. The number of rotatable bonds is 5. The van der Waals surface area contributed by atoms with Gasteiger partial charge in [-0.15, -0.1) is 0 Å². The lowest BCUT2D eigenvalue weighted by atomic mass is 9.84. The van der Waals surface area contributed by atoms with Crippen LogP contribution in [0.2, 0.25) is 0 Å². The molecule has 17 heavy (non-hydrogen) atoms. The molecule has 1 N–H and O–H groups in total. The second-order valence-corrected chi connectivity index (χ2v) is 5.85. The maximum absolute atomic E-state index is 8.95. The van der Waals surface area contributed by atoms with Crippen LogP contribution >= 0.6 is 0 Å². The molecule has 2 heteroatoms. The first kappa shape index (κ1) is 13.7. The molecular weight excluding hydrogens is 208 g/mol. The summed E-state index contributed by atoms with van der Waals surface area (Å²) in [4.78, 5) is 0. The molecule has 0 aliphatic heterocycles. The van der Waals surface area contributed by atoms with E-state index in [2.05, 4.69) is 49.5 Å². The van der Waals surface area contributed by atoms with Crippen molar-refractivity contribution in [3.05, 3.63) is 35.9 Å². The van der Waals surface area contributed by atoms with Gasteiger partial charge in [-0.2, -0.15) is 5.26 Å². The van der Waals surface area contributed by atoms with Crippen LogP contribution in [0, 0.1) is 16.7 Å². The molecular formula is C15H22N2. The van der Waals surface area contributed by atoms with Crippen molar-refractivity contribution in [2.24, 2.45) is 5.41 Å². The predicted molar refractivity (Wildman–Crippen MR) is 71.7 cm³/mol. The Kier molecular flexibility index (Phi) is 4.31. The minimum Gasteiger partial charge on any atom is -0.314 e. The van der Waals surface area contributed by atoms with Crippen LogP contribution in [0.5, 0.6) is 0 Å². The summed E-state index contributed by atoms with van der Waals surface area (Å²) in [6.45, 7) is 9.94. The van der Waals surface area contributed by atoms with Crippen LogP contribution in [0.1, 0.15) is 33.3 Å². The molecule has 1 rings (SSSR count). The molecule has 0 fully saturated rings. The molecule has 0 saturated carbocycles. The molecule has 1 aromatic carbocycles. The van der Waals surface area contributed by atoms with Gasteiger partial charge in [-0.05, 0) is 19.4 Å². The highest BCUT2D eigenvalue weighted by Crippen LogP contribution is 2.22. The van der Waals surface area contributed by atoms with Crippen LogP contribution in [-0.2, 0) is 5.41 Å². The molecule has 1 aromatic rings. The summed E-state index contributed by atoms with van der Waals surface area (Å²) in [6, 6.07) is 12.8. The number of nitrogens with zero attached hydrogens (tertiary/aromatic N) is 1. The van der Waals surface area contributed by atoms with Crippen molar-refractivity contribution in [2.45, 2.75) is 33.1 Å². The molecule has 0 radical (unpaired) electrons. The lowest BCUT2D eigenvalue weighted by molar-refractivity contribution is 0.397. The Morgan fingerprint density at radius 2 is 1.65 bits per heavy atom. The molecule has 0 heterocycles. The van der Waals surface area contributed by atoms with E-state index in [-0.39, 0.29) is 10.8 Å². The zero-order chi connectivity index (χ0) is 12.9. The number of nitrogens with one attached hydrogen (secondary N) is 1. The first-order chi connectivity index (χ1) is 7.87. The highest BCUT2D eigenvalue weighted by Gasteiger charge is 2.22. The van der Waals surface area contributed by atoms with Gasteiger partial charge in [-0.25, -0.2) is 0 Å². The van der Waals surface area contributed by atoms with Crippen LogP contribution < -0.4 is 5.32 Å². The lowest BCUT2D eigenvalue weighted by Gasteiger charge is -2.27. The molecule has 0 spiro atoms. The normalized spacial score (nSPS) is 12.2. The van der Waals surface area contributed by atoms with E-state index in [1.165, 1.54) is 5.56 Å². The average Bonchev–Trinajstić information content (AvgIpc) is 2.30. The molecule has 0 aliphatic rings. The molecule has 0 aliphatic carbocycles. The lowest BCUT2D eigenvalue weighted by Crippen LogP contribution is -2.37. The molecule has 92 valence electrons. The third-order valence-electron chi connectivity index (χ3n) is 2.99. The second kappa shape index (κ2) is 5.33. The van der Waals surface area contributed by atoms with E-state index in [9.17, 15) is 0 Å². The SMILES string of the molecule is CC(C)(C#N)CNCC(C)(C)c1ccccc1. The van der Waals surface area contributed by atoms with Gasteiger partial charge in [0.05, 0.1) is 11.5 Å². The summed E-state index contributed by atoms with van der Waals surface area (Å²) in [5.41, 5.74) is 1.11. The largest absolute Gasteiger partial charge is 0.314 e. The zero-order valence-electron chi connectivity index (χ0n) is 11.2. The number of hydrogen-bond acceptors (Lipinski definition) is 2. The topological polar surface area (TPSA) is 35.8 Å². The van der Waals surface area contributed by atoms with Crippen molar-refractivity contribution in [2.75, 3.05) is 13.1 Å². The molecule has 0 saturated heterocycles. The van der Waals surface area contributed by atoms with E-state index in [4.69, 9.17) is 5.26 Å². The van der Waals surface area contributed by atoms with Crippen LogP contribution in [0.4, 0.5) is 0 Å². The third-order valence-corrected chi connectivity index (χ3v) is 2.99. The third kappa shape index (κ3) is 4.20. The van der Waals surface area contributed by atoms with Crippen molar-refractivity contribution >= 4 is 0 Å². The fourth-order valence-corrected chi connectivity index (χ4v) is 1.72.